The lowest BCUT2D eigenvalue weighted by atomic mass is 10.0. The first-order chi connectivity index (χ1) is 16.2. The van der Waals surface area contributed by atoms with Gasteiger partial charge in [0.1, 0.15) is 0 Å². The molecule has 4 aromatic rings. The Morgan fingerprint density at radius 3 is 2.64 bits per heavy atom. The number of aryl methyl sites for hydroxylation is 1. The fourth-order valence-corrected chi connectivity index (χ4v) is 4.65. The molecule has 0 spiro atoms. The average Bonchev–Trinajstić information content (AvgIpc) is 3.13. The summed E-state index contributed by atoms with van der Waals surface area (Å²) in [7, 11) is 1.82. The van der Waals surface area contributed by atoms with Crippen molar-refractivity contribution in [2.75, 3.05) is 19.8 Å². The minimum Gasteiger partial charge on any atom is -0.478 e. The second-order valence-electron chi connectivity index (χ2n) is 8.72. The van der Waals surface area contributed by atoms with E-state index in [0.717, 1.165) is 58.7 Å². The van der Waals surface area contributed by atoms with E-state index < -0.39 is 0 Å². The van der Waals surface area contributed by atoms with Crippen LogP contribution in [0.1, 0.15) is 45.1 Å². The van der Waals surface area contributed by atoms with Crippen LogP contribution in [-0.4, -0.2) is 38.9 Å². The van der Waals surface area contributed by atoms with Crippen LogP contribution in [0.5, 0.6) is 5.88 Å². The zero-order valence-electron chi connectivity index (χ0n) is 19.3. The summed E-state index contributed by atoms with van der Waals surface area (Å²) < 4.78 is 15.0. The van der Waals surface area contributed by atoms with E-state index in [2.05, 4.69) is 29.0 Å². The van der Waals surface area contributed by atoms with Crippen LogP contribution in [-0.2, 0) is 11.8 Å². The first-order valence-corrected chi connectivity index (χ1v) is 11.8. The highest BCUT2D eigenvalue weighted by Gasteiger charge is 2.23. The number of benzene rings is 1. The van der Waals surface area contributed by atoms with Gasteiger partial charge < -0.3 is 9.47 Å². The molecule has 1 aromatic carbocycles. The van der Waals surface area contributed by atoms with Crippen molar-refractivity contribution in [1.82, 2.24) is 19.1 Å². The molecule has 1 saturated heterocycles. The maximum absolute atomic E-state index is 13.2. The summed E-state index contributed by atoms with van der Waals surface area (Å²) in [4.78, 5) is 22.3. The number of rotatable bonds is 7. The molecule has 7 heteroatoms. The molecule has 1 fully saturated rings. The van der Waals surface area contributed by atoms with Gasteiger partial charge in [-0.05, 0) is 43.0 Å². The van der Waals surface area contributed by atoms with Gasteiger partial charge >= 0.3 is 5.69 Å². The number of pyridine rings is 2. The molecule has 0 aliphatic carbocycles. The summed E-state index contributed by atoms with van der Waals surface area (Å²) in [6.07, 6.45) is 8.71. The van der Waals surface area contributed by atoms with E-state index in [1.165, 1.54) is 6.42 Å². The molecule has 0 amide bonds. The minimum atomic E-state index is 0.00263. The summed E-state index contributed by atoms with van der Waals surface area (Å²) in [5, 5.41) is 0.981. The molecule has 5 rings (SSSR count). The van der Waals surface area contributed by atoms with Crippen molar-refractivity contribution in [1.29, 1.82) is 0 Å². The number of fused-ring (bicyclic) bond motifs is 3. The fourth-order valence-electron chi connectivity index (χ4n) is 4.65. The predicted molar refractivity (Wildman–Crippen MR) is 130 cm³/mol. The van der Waals surface area contributed by atoms with Crippen molar-refractivity contribution in [3.8, 4) is 17.0 Å². The molecule has 0 radical (unpaired) electrons. The Balaban J connectivity index is 1.55. The van der Waals surface area contributed by atoms with E-state index in [4.69, 9.17) is 9.47 Å². The Hall–Kier alpha value is -3.19. The van der Waals surface area contributed by atoms with Crippen molar-refractivity contribution < 1.29 is 9.47 Å². The first-order valence-electron chi connectivity index (χ1n) is 11.8. The van der Waals surface area contributed by atoms with Gasteiger partial charge in [-0.25, -0.2) is 9.78 Å². The van der Waals surface area contributed by atoms with Crippen LogP contribution in [0.15, 0.2) is 47.5 Å². The van der Waals surface area contributed by atoms with Crippen molar-refractivity contribution in [2.24, 2.45) is 7.05 Å². The third-order valence-corrected chi connectivity index (χ3v) is 6.54. The number of hydrogen-bond acceptors (Lipinski definition) is 5. The van der Waals surface area contributed by atoms with Crippen LogP contribution >= 0.6 is 0 Å². The second kappa shape index (κ2) is 9.35. The highest BCUT2D eigenvalue weighted by molar-refractivity contribution is 6.04. The third-order valence-electron chi connectivity index (χ3n) is 6.54. The molecule has 0 atom stereocenters. The Morgan fingerprint density at radius 1 is 1.06 bits per heavy atom. The molecule has 0 N–H and O–H groups in total. The van der Waals surface area contributed by atoms with E-state index in [0.29, 0.717) is 25.7 Å². The largest absolute Gasteiger partial charge is 0.478 e. The Labute approximate surface area is 193 Å². The van der Waals surface area contributed by atoms with Crippen LogP contribution < -0.4 is 10.4 Å². The van der Waals surface area contributed by atoms with Crippen LogP contribution in [0.25, 0.3) is 33.1 Å². The highest BCUT2D eigenvalue weighted by atomic mass is 16.5. The summed E-state index contributed by atoms with van der Waals surface area (Å²) >= 11 is 0. The maximum Gasteiger partial charge on any atom is 0.329 e. The molecular weight excluding hydrogens is 416 g/mol. The first kappa shape index (κ1) is 21.6. The molecule has 172 valence electrons. The summed E-state index contributed by atoms with van der Waals surface area (Å²) in [5.74, 6) is 0.649. The van der Waals surface area contributed by atoms with Crippen LogP contribution in [0.2, 0.25) is 0 Å². The number of hydrogen-bond donors (Lipinski definition) is 0. The SMILES string of the molecule is CCCCCOc1ccc(-c2ccc3ncc4c(c3c2)n(C2CCOCC2)c(=O)n4C)cn1. The van der Waals surface area contributed by atoms with E-state index in [-0.39, 0.29) is 11.7 Å². The lowest BCUT2D eigenvalue weighted by Crippen LogP contribution is -2.29. The third kappa shape index (κ3) is 4.13. The molecule has 4 heterocycles. The summed E-state index contributed by atoms with van der Waals surface area (Å²) in [6, 6.07) is 10.3. The Kier molecular flexibility index (Phi) is 6.13. The number of nitrogens with zero attached hydrogens (tertiary/aromatic N) is 4. The number of imidazole rings is 1. The van der Waals surface area contributed by atoms with Gasteiger partial charge in [-0.1, -0.05) is 25.8 Å². The van der Waals surface area contributed by atoms with E-state index in [1.54, 1.807) is 10.8 Å². The molecule has 3 aromatic heterocycles. The quantitative estimate of drug-likeness (QED) is 0.379. The maximum atomic E-state index is 13.2. The van der Waals surface area contributed by atoms with Crippen molar-refractivity contribution in [3.63, 3.8) is 0 Å². The van der Waals surface area contributed by atoms with Crippen molar-refractivity contribution >= 4 is 21.9 Å². The molecule has 0 unspecified atom stereocenters. The Morgan fingerprint density at radius 2 is 1.88 bits per heavy atom. The van der Waals surface area contributed by atoms with Crippen molar-refractivity contribution in [2.45, 2.75) is 45.1 Å². The van der Waals surface area contributed by atoms with Gasteiger partial charge in [-0.3, -0.25) is 14.1 Å². The summed E-state index contributed by atoms with van der Waals surface area (Å²) in [6.45, 7) is 4.23. The average molecular weight is 447 g/mol. The lowest BCUT2D eigenvalue weighted by Gasteiger charge is -2.23. The molecule has 33 heavy (non-hydrogen) atoms. The normalized spacial score (nSPS) is 14.8. The molecule has 1 aliphatic rings. The van der Waals surface area contributed by atoms with Gasteiger partial charge in [0.2, 0.25) is 5.88 Å². The van der Waals surface area contributed by atoms with E-state index in [9.17, 15) is 4.79 Å². The second-order valence-corrected chi connectivity index (χ2v) is 8.72. The molecule has 7 nitrogen and oxygen atoms in total. The van der Waals surface area contributed by atoms with Crippen LogP contribution in [0, 0.1) is 0 Å². The number of unbranched alkanes of at least 4 members (excludes halogenated alkanes) is 2. The van der Waals surface area contributed by atoms with Gasteiger partial charge in [0.25, 0.3) is 0 Å². The monoisotopic (exact) mass is 446 g/mol. The van der Waals surface area contributed by atoms with E-state index >= 15 is 0 Å². The zero-order valence-corrected chi connectivity index (χ0v) is 19.3. The standard InChI is InChI=1S/C26H30N4O3/c1-3-4-5-12-33-24-9-7-19(16-28-24)18-6-8-22-21(15-18)25-23(17-27-22)29(2)26(31)30(25)20-10-13-32-14-11-20/h6-9,15-17,20H,3-5,10-14H2,1-2H3. The Bertz CT molecular complexity index is 1320. The summed E-state index contributed by atoms with van der Waals surface area (Å²) in [5.41, 5.74) is 4.72. The molecule has 1 aliphatic heterocycles. The molecular formula is C26H30N4O3. The van der Waals surface area contributed by atoms with Crippen molar-refractivity contribution in [3.05, 3.63) is 53.2 Å². The minimum absolute atomic E-state index is 0.00263. The van der Waals surface area contributed by atoms with Gasteiger partial charge in [-0.2, -0.15) is 0 Å². The predicted octanol–water partition coefficient (Wildman–Crippen LogP) is 4.87. The van der Waals surface area contributed by atoms with E-state index in [1.807, 2.05) is 36.0 Å². The zero-order chi connectivity index (χ0) is 22.8. The van der Waals surface area contributed by atoms with Gasteiger partial charge in [0.15, 0.2) is 0 Å². The van der Waals surface area contributed by atoms with Gasteiger partial charge in [0.05, 0.1) is 29.4 Å². The van der Waals surface area contributed by atoms with Crippen LogP contribution in [0.3, 0.4) is 0 Å². The van der Waals surface area contributed by atoms with Crippen LogP contribution in [0.4, 0.5) is 0 Å². The number of aromatic nitrogens is 4. The molecule has 0 saturated carbocycles. The van der Waals surface area contributed by atoms with Gasteiger partial charge in [-0.15, -0.1) is 0 Å². The van der Waals surface area contributed by atoms with Gasteiger partial charge in [0, 0.05) is 49.5 Å². The molecule has 0 bridgehead atoms. The highest BCUT2D eigenvalue weighted by Crippen LogP contribution is 2.32. The lowest BCUT2D eigenvalue weighted by molar-refractivity contribution is 0.0697. The number of ether oxygens (including phenoxy) is 2. The fraction of sp³-hybridized carbons (Fsp3) is 0.423. The topological polar surface area (TPSA) is 71.2 Å². The smallest absolute Gasteiger partial charge is 0.329 e.